The lowest BCUT2D eigenvalue weighted by Crippen LogP contribution is -2.28. The average molecular weight is 329 g/mol. The fourth-order valence-electron chi connectivity index (χ4n) is 3.61. The summed E-state index contributed by atoms with van der Waals surface area (Å²) in [7, 11) is 0. The van der Waals surface area contributed by atoms with E-state index in [1.165, 1.54) is 19.4 Å². The Balaban J connectivity index is 1.62. The summed E-state index contributed by atoms with van der Waals surface area (Å²) < 4.78 is 7.82. The van der Waals surface area contributed by atoms with Crippen LogP contribution in [0.25, 0.3) is 11.0 Å². The normalized spacial score (nSPS) is 18.6. The van der Waals surface area contributed by atoms with Gasteiger partial charge in [0.05, 0.1) is 18.5 Å². The molecule has 5 nitrogen and oxygen atoms in total. The Hall–Kier alpha value is -1.88. The Morgan fingerprint density at radius 3 is 2.92 bits per heavy atom. The lowest BCUT2D eigenvalue weighted by molar-refractivity contribution is 0.111. The lowest BCUT2D eigenvalue weighted by atomic mass is 10.2. The van der Waals surface area contributed by atoms with Crippen molar-refractivity contribution >= 4 is 17.3 Å². The first kappa shape index (κ1) is 17.0. The molecule has 24 heavy (non-hydrogen) atoms. The summed E-state index contributed by atoms with van der Waals surface area (Å²) in [5.74, 6) is 0.773. The Morgan fingerprint density at radius 1 is 1.42 bits per heavy atom. The topological polar surface area (TPSA) is 47.4 Å². The van der Waals surface area contributed by atoms with E-state index in [4.69, 9.17) is 4.74 Å². The van der Waals surface area contributed by atoms with E-state index in [1.54, 1.807) is 6.20 Å². The minimum atomic E-state index is 0.199. The Kier molecular flexibility index (Phi) is 5.19. The number of aldehydes is 1. The fraction of sp³-hybridized carbons (Fsp3) is 0.579. The van der Waals surface area contributed by atoms with Crippen LogP contribution in [-0.4, -0.2) is 46.5 Å². The molecule has 1 aliphatic heterocycles. The van der Waals surface area contributed by atoms with Gasteiger partial charge in [-0.05, 0) is 58.7 Å². The van der Waals surface area contributed by atoms with Crippen LogP contribution < -0.4 is 4.74 Å². The zero-order valence-electron chi connectivity index (χ0n) is 14.9. The standard InChI is InChI=1S/C19H27N3O2/c1-14(2)22-17(13-23)10-16-11-18(12-20-19(16)22)24-9-5-8-21-7-4-6-15(21)3/h10-15H,4-9H2,1-3H3/t15-/m1/s1. The molecule has 0 aliphatic carbocycles. The van der Waals surface area contributed by atoms with E-state index in [1.807, 2.05) is 16.7 Å². The van der Waals surface area contributed by atoms with Gasteiger partial charge in [0, 0.05) is 24.0 Å². The molecule has 0 amide bonds. The summed E-state index contributed by atoms with van der Waals surface area (Å²) in [6.45, 7) is 9.41. The van der Waals surface area contributed by atoms with Crippen LogP contribution in [0.5, 0.6) is 5.75 Å². The van der Waals surface area contributed by atoms with Crippen molar-refractivity contribution < 1.29 is 9.53 Å². The summed E-state index contributed by atoms with van der Waals surface area (Å²) in [5, 5.41) is 0.955. The van der Waals surface area contributed by atoms with Crippen LogP contribution in [0.1, 0.15) is 56.6 Å². The van der Waals surface area contributed by atoms with Crippen LogP contribution in [0.2, 0.25) is 0 Å². The van der Waals surface area contributed by atoms with Crippen LogP contribution in [-0.2, 0) is 0 Å². The predicted octanol–water partition coefficient (Wildman–Crippen LogP) is 3.68. The van der Waals surface area contributed by atoms with Gasteiger partial charge in [-0.15, -0.1) is 0 Å². The number of hydrogen-bond acceptors (Lipinski definition) is 4. The Labute approximate surface area is 143 Å². The van der Waals surface area contributed by atoms with Gasteiger partial charge in [0.2, 0.25) is 0 Å². The van der Waals surface area contributed by atoms with Crippen LogP contribution in [0.4, 0.5) is 0 Å². The smallest absolute Gasteiger partial charge is 0.166 e. The van der Waals surface area contributed by atoms with Gasteiger partial charge in [0.15, 0.2) is 6.29 Å². The molecular weight excluding hydrogens is 302 g/mol. The van der Waals surface area contributed by atoms with Gasteiger partial charge >= 0.3 is 0 Å². The van der Waals surface area contributed by atoms with Gasteiger partial charge in [-0.3, -0.25) is 4.79 Å². The van der Waals surface area contributed by atoms with E-state index in [2.05, 4.69) is 30.7 Å². The number of nitrogens with zero attached hydrogens (tertiary/aromatic N) is 3. The number of carbonyl (C=O) groups is 1. The van der Waals surface area contributed by atoms with Gasteiger partial charge in [-0.25, -0.2) is 4.98 Å². The highest BCUT2D eigenvalue weighted by Crippen LogP contribution is 2.25. The summed E-state index contributed by atoms with van der Waals surface area (Å²) in [6.07, 6.45) is 6.30. The highest BCUT2D eigenvalue weighted by Gasteiger charge is 2.19. The van der Waals surface area contributed by atoms with Gasteiger partial charge in [-0.1, -0.05) is 0 Å². The SMILES string of the molecule is CC(C)n1c(C=O)cc2cc(OCCCN3CCC[C@H]3C)cnc21. The Bertz CT molecular complexity index is 708. The van der Waals surface area contributed by atoms with Gasteiger partial charge in [-0.2, -0.15) is 0 Å². The zero-order valence-corrected chi connectivity index (χ0v) is 14.9. The molecule has 1 fully saturated rings. The van der Waals surface area contributed by atoms with Crippen LogP contribution in [0, 0.1) is 0 Å². The molecule has 1 atom stereocenters. The van der Waals surface area contributed by atoms with E-state index < -0.39 is 0 Å². The molecule has 1 saturated heterocycles. The molecule has 0 unspecified atom stereocenters. The molecule has 0 N–H and O–H groups in total. The molecule has 0 radical (unpaired) electrons. The second-order valence-corrected chi connectivity index (χ2v) is 6.96. The molecule has 3 heterocycles. The first-order chi connectivity index (χ1) is 11.6. The quantitative estimate of drug-likeness (QED) is 0.574. The van der Waals surface area contributed by atoms with E-state index in [9.17, 15) is 4.79 Å². The Morgan fingerprint density at radius 2 is 2.25 bits per heavy atom. The molecule has 0 aromatic carbocycles. The number of likely N-dealkylation sites (tertiary alicyclic amines) is 1. The summed E-state index contributed by atoms with van der Waals surface area (Å²) in [6, 6.07) is 4.77. The average Bonchev–Trinajstić information content (AvgIpc) is 3.14. The number of aromatic nitrogens is 2. The highest BCUT2D eigenvalue weighted by molar-refractivity contribution is 5.87. The van der Waals surface area contributed by atoms with Crippen molar-refractivity contribution in [2.24, 2.45) is 0 Å². The first-order valence-corrected chi connectivity index (χ1v) is 8.93. The van der Waals surface area contributed by atoms with Crippen molar-refractivity contribution in [1.82, 2.24) is 14.5 Å². The van der Waals surface area contributed by atoms with E-state index in [0.29, 0.717) is 18.3 Å². The fourth-order valence-corrected chi connectivity index (χ4v) is 3.61. The molecule has 2 aromatic heterocycles. The molecule has 2 aromatic rings. The van der Waals surface area contributed by atoms with Crippen LogP contribution >= 0.6 is 0 Å². The maximum atomic E-state index is 11.3. The molecule has 0 bridgehead atoms. The van der Waals surface area contributed by atoms with Crippen molar-refractivity contribution in [3.8, 4) is 5.75 Å². The molecule has 3 rings (SSSR count). The second kappa shape index (κ2) is 7.34. The van der Waals surface area contributed by atoms with Crippen molar-refractivity contribution in [2.75, 3.05) is 19.7 Å². The molecule has 130 valence electrons. The minimum Gasteiger partial charge on any atom is -0.492 e. The monoisotopic (exact) mass is 329 g/mol. The third-order valence-corrected chi connectivity index (χ3v) is 4.87. The van der Waals surface area contributed by atoms with Gasteiger partial charge < -0.3 is 14.2 Å². The van der Waals surface area contributed by atoms with E-state index in [0.717, 1.165) is 36.0 Å². The summed E-state index contributed by atoms with van der Waals surface area (Å²) >= 11 is 0. The van der Waals surface area contributed by atoms with E-state index in [-0.39, 0.29) is 6.04 Å². The largest absolute Gasteiger partial charge is 0.492 e. The van der Waals surface area contributed by atoms with Crippen molar-refractivity contribution in [3.05, 3.63) is 24.0 Å². The van der Waals surface area contributed by atoms with Crippen molar-refractivity contribution in [3.63, 3.8) is 0 Å². The third-order valence-electron chi connectivity index (χ3n) is 4.87. The number of carbonyl (C=O) groups excluding carboxylic acids is 1. The minimum absolute atomic E-state index is 0.199. The molecule has 0 saturated carbocycles. The molecule has 5 heteroatoms. The molecule has 0 spiro atoms. The van der Waals surface area contributed by atoms with E-state index >= 15 is 0 Å². The number of fused-ring (bicyclic) bond motifs is 1. The molecular formula is C19H27N3O2. The number of rotatable bonds is 7. The predicted molar refractivity (Wildman–Crippen MR) is 95.9 cm³/mol. The maximum absolute atomic E-state index is 11.3. The number of hydrogen-bond donors (Lipinski definition) is 0. The third kappa shape index (κ3) is 3.46. The van der Waals surface area contributed by atoms with Crippen molar-refractivity contribution in [1.29, 1.82) is 0 Å². The first-order valence-electron chi connectivity index (χ1n) is 8.93. The second-order valence-electron chi connectivity index (χ2n) is 6.96. The number of ether oxygens (including phenoxy) is 1. The maximum Gasteiger partial charge on any atom is 0.166 e. The zero-order chi connectivity index (χ0) is 17.1. The van der Waals surface area contributed by atoms with Gasteiger partial charge in [0.1, 0.15) is 11.4 Å². The summed E-state index contributed by atoms with van der Waals surface area (Å²) in [4.78, 5) is 18.3. The number of pyridine rings is 1. The van der Waals surface area contributed by atoms with Crippen LogP contribution in [0.15, 0.2) is 18.3 Å². The van der Waals surface area contributed by atoms with Crippen LogP contribution in [0.3, 0.4) is 0 Å². The van der Waals surface area contributed by atoms with Crippen molar-refractivity contribution in [2.45, 2.75) is 52.1 Å². The van der Waals surface area contributed by atoms with Gasteiger partial charge in [0.25, 0.3) is 0 Å². The summed E-state index contributed by atoms with van der Waals surface area (Å²) in [5.41, 5.74) is 1.50. The molecule has 1 aliphatic rings. The lowest BCUT2D eigenvalue weighted by Gasteiger charge is -2.20. The highest BCUT2D eigenvalue weighted by atomic mass is 16.5.